The van der Waals surface area contributed by atoms with Crippen LogP contribution in [0.3, 0.4) is 0 Å². The molecule has 0 aliphatic rings. The molecule has 0 nitrogen and oxygen atoms in total. The normalized spacial score (nSPS) is 10.5. The van der Waals surface area contributed by atoms with Gasteiger partial charge in [0.15, 0.2) is 0 Å². The van der Waals surface area contributed by atoms with Gasteiger partial charge in [0, 0.05) is 0 Å². The summed E-state index contributed by atoms with van der Waals surface area (Å²) in [6.07, 6.45) is 0. The predicted molar refractivity (Wildman–Crippen MR) is 209 cm³/mol. The molecule has 8 aromatic carbocycles. The Bertz CT molecular complexity index is 2110. The Morgan fingerprint density at radius 3 is 1.21 bits per heavy atom. The van der Waals surface area contributed by atoms with E-state index in [0.717, 1.165) is 0 Å². The second kappa shape index (κ2) is 16.5. The average Bonchev–Trinajstić information content (AvgIpc) is 3.77. The van der Waals surface area contributed by atoms with E-state index < -0.39 is 23.2 Å². The number of fused-ring (bicyclic) bond motifs is 2. The first kappa shape index (κ1) is 34.1. The van der Waals surface area contributed by atoms with Gasteiger partial charge < -0.3 is 0 Å². The van der Waals surface area contributed by atoms with E-state index in [-0.39, 0.29) is 0 Å². The topological polar surface area (TPSA) is 0 Å². The van der Waals surface area contributed by atoms with Crippen molar-refractivity contribution in [2.24, 2.45) is 0 Å². The van der Waals surface area contributed by atoms with Gasteiger partial charge in [-0.2, -0.15) is 46.5 Å². The molecule has 0 aliphatic heterocycles. The second-order valence-corrected chi connectivity index (χ2v) is 38.0. The van der Waals surface area contributed by atoms with Crippen molar-refractivity contribution in [3.8, 4) is 22.3 Å². The summed E-state index contributed by atoms with van der Waals surface area (Å²) in [4.78, 5) is 0. The van der Waals surface area contributed by atoms with Gasteiger partial charge in [0.25, 0.3) is 0 Å². The quantitative estimate of drug-likeness (QED) is 0.122. The SMILES string of the molecule is Cc1cc(-c2cccc3ccccc23)c[cH-]1.Cc1cc(-c2cccc3ccccc23)c[cH-]1.[Cl][Hf]([Cl])=[Si](c1ccccc1)c1ccccc1. The third kappa shape index (κ3) is 8.43. The monoisotopic (exact) mass is 842 g/mol. The third-order valence-corrected chi connectivity index (χ3v) is 30.1. The van der Waals surface area contributed by atoms with Crippen LogP contribution in [0.25, 0.3) is 43.8 Å². The molecule has 0 aliphatic carbocycles. The van der Waals surface area contributed by atoms with Crippen LogP contribution in [0.1, 0.15) is 11.1 Å². The van der Waals surface area contributed by atoms with Crippen molar-refractivity contribution in [3.63, 3.8) is 0 Å². The first-order valence-corrected chi connectivity index (χ1v) is 31.9. The van der Waals surface area contributed by atoms with Crippen LogP contribution in [0.2, 0.25) is 0 Å². The Morgan fingerprint density at radius 2 is 0.833 bits per heavy atom. The van der Waals surface area contributed by atoms with Gasteiger partial charge >= 0.3 is 111 Å². The first-order valence-electron chi connectivity index (χ1n) is 16.1. The van der Waals surface area contributed by atoms with Crippen molar-refractivity contribution in [2.75, 3.05) is 0 Å². The van der Waals surface area contributed by atoms with E-state index in [9.17, 15) is 0 Å². The molecule has 8 rings (SSSR count). The fourth-order valence-corrected chi connectivity index (χ4v) is 26.8. The summed E-state index contributed by atoms with van der Waals surface area (Å²) < 4.78 is 0. The van der Waals surface area contributed by atoms with Gasteiger partial charge in [-0.05, 0) is 21.5 Å². The molecule has 0 atom stereocenters. The fraction of sp³-hybridized carbons (Fsp3) is 0.0455. The van der Waals surface area contributed by atoms with Crippen LogP contribution < -0.4 is 10.4 Å². The summed E-state index contributed by atoms with van der Waals surface area (Å²) in [6, 6.07) is 64.1. The average molecular weight is 842 g/mol. The van der Waals surface area contributed by atoms with E-state index in [4.69, 9.17) is 17.2 Å². The molecule has 0 unspecified atom stereocenters. The molecule has 4 heteroatoms. The molecule has 48 heavy (non-hydrogen) atoms. The van der Waals surface area contributed by atoms with E-state index in [1.807, 2.05) is 12.1 Å². The number of halogens is 2. The standard InChI is InChI=1S/2C16H13.C12H10Si.2ClH.Hf/c2*1-12-9-10-14(11-12)16-8-4-6-13-5-2-3-7-15(13)16;1-3-7-11(8-4-1)13-12-9-5-2-6-10-12;;;/h2*2-11H,1H3;1-10H;2*1H;/q2*-1;;;;+2/p-2. The Labute approximate surface area is 299 Å². The van der Waals surface area contributed by atoms with Crippen molar-refractivity contribution in [3.05, 3.63) is 193 Å². The van der Waals surface area contributed by atoms with Crippen LogP contribution in [0, 0.1) is 13.8 Å². The Kier molecular flexibility index (Phi) is 11.7. The molecular formula is C44H36Cl2HfSi-2. The van der Waals surface area contributed by atoms with Crippen molar-refractivity contribution < 1.29 is 17.7 Å². The van der Waals surface area contributed by atoms with Crippen LogP contribution >= 0.6 is 17.2 Å². The zero-order chi connectivity index (χ0) is 33.3. The van der Waals surface area contributed by atoms with Crippen LogP contribution in [-0.2, 0) is 17.7 Å². The van der Waals surface area contributed by atoms with E-state index in [1.54, 1.807) is 0 Å². The molecular weight excluding hydrogens is 806 g/mol. The van der Waals surface area contributed by atoms with Crippen molar-refractivity contribution in [1.29, 1.82) is 0 Å². The zero-order valence-electron chi connectivity index (χ0n) is 27.1. The summed E-state index contributed by atoms with van der Waals surface area (Å²) in [7, 11) is 12.7. The van der Waals surface area contributed by atoms with E-state index in [2.05, 4.69) is 184 Å². The van der Waals surface area contributed by atoms with Crippen LogP contribution in [-0.4, -0.2) is 5.49 Å². The molecule has 0 heterocycles. The van der Waals surface area contributed by atoms with Crippen LogP contribution in [0.4, 0.5) is 0 Å². The molecule has 8 aromatic rings. The zero-order valence-corrected chi connectivity index (χ0v) is 33.2. The number of rotatable bonds is 4. The van der Waals surface area contributed by atoms with Crippen molar-refractivity contribution >= 4 is 54.6 Å². The molecule has 0 spiro atoms. The Hall–Kier alpha value is -3.79. The summed E-state index contributed by atoms with van der Waals surface area (Å²) in [6.45, 7) is 4.27. The van der Waals surface area contributed by atoms with Gasteiger partial charge in [-0.3, -0.25) is 0 Å². The maximum absolute atomic E-state index is 6.34. The minimum absolute atomic E-state index is 0.873. The molecule has 0 N–H and O–H groups in total. The molecule has 0 saturated heterocycles. The van der Waals surface area contributed by atoms with Crippen molar-refractivity contribution in [2.45, 2.75) is 13.8 Å². The summed E-state index contributed by atoms with van der Waals surface area (Å²) >= 11 is -2.41. The van der Waals surface area contributed by atoms with Gasteiger partial charge in [-0.1, -0.05) is 110 Å². The molecule has 0 amide bonds. The molecule has 0 aromatic heterocycles. The van der Waals surface area contributed by atoms with E-state index >= 15 is 0 Å². The molecule has 0 fully saturated rings. The Balaban J connectivity index is 0.000000125. The van der Waals surface area contributed by atoms with E-state index in [0.29, 0.717) is 0 Å². The molecule has 0 bridgehead atoms. The maximum atomic E-state index is 6.34. The second-order valence-electron chi connectivity index (χ2n) is 11.8. The number of benzene rings is 6. The molecule has 236 valence electrons. The van der Waals surface area contributed by atoms with Gasteiger partial charge in [-0.25, -0.2) is 12.1 Å². The fourth-order valence-electron chi connectivity index (χ4n) is 6.01. The van der Waals surface area contributed by atoms with Gasteiger partial charge in [-0.15, -0.1) is 0 Å². The van der Waals surface area contributed by atoms with Crippen molar-refractivity contribution in [1.82, 2.24) is 0 Å². The van der Waals surface area contributed by atoms with Gasteiger partial charge in [0.05, 0.1) is 0 Å². The van der Waals surface area contributed by atoms with E-state index in [1.165, 1.54) is 65.3 Å². The number of aryl methyl sites for hydroxylation is 2. The number of hydrogen-bond acceptors (Lipinski definition) is 0. The predicted octanol–water partition coefficient (Wildman–Crippen LogP) is 11.8. The van der Waals surface area contributed by atoms with Gasteiger partial charge in [0.1, 0.15) is 0 Å². The minimum atomic E-state index is -2.41. The van der Waals surface area contributed by atoms with Crippen LogP contribution in [0.15, 0.2) is 182 Å². The van der Waals surface area contributed by atoms with Crippen LogP contribution in [0.5, 0.6) is 0 Å². The summed E-state index contributed by atoms with van der Waals surface area (Å²) in [5.41, 5.74) is 7.05. The molecule has 0 saturated carbocycles. The number of hydrogen-bond donors (Lipinski definition) is 0. The Morgan fingerprint density at radius 1 is 0.458 bits per heavy atom. The third-order valence-electron chi connectivity index (χ3n) is 8.33. The molecule has 0 radical (unpaired) electrons. The summed E-state index contributed by atoms with van der Waals surface area (Å²) in [5.74, 6) is 0. The summed E-state index contributed by atoms with van der Waals surface area (Å²) in [5, 5.41) is 7.95. The van der Waals surface area contributed by atoms with Gasteiger partial charge in [0.2, 0.25) is 0 Å². The first-order chi connectivity index (χ1) is 23.5.